The maximum absolute atomic E-state index is 11.2. The summed E-state index contributed by atoms with van der Waals surface area (Å²) in [6.07, 6.45) is 4.13. The van der Waals surface area contributed by atoms with Crippen molar-refractivity contribution in [3.05, 3.63) is 36.5 Å². The molecule has 0 heterocycles. The van der Waals surface area contributed by atoms with Crippen molar-refractivity contribution >= 4 is 5.78 Å². The third kappa shape index (κ3) is 1.40. The summed E-state index contributed by atoms with van der Waals surface area (Å²) in [5.41, 5.74) is 1.73. The van der Waals surface area contributed by atoms with Crippen molar-refractivity contribution in [2.24, 2.45) is 5.41 Å². The fourth-order valence-corrected chi connectivity index (χ4v) is 1.50. The van der Waals surface area contributed by atoms with Crippen molar-refractivity contribution < 1.29 is 4.79 Å². The average Bonchev–Trinajstić information content (AvgIpc) is 1.96. The van der Waals surface area contributed by atoms with Crippen LogP contribution in [0.3, 0.4) is 0 Å². The van der Waals surface area contributed by atoms with Crippen LogP contribution in [0.15, 0.2) is 36.5 Å². The lowest BCUT2D eigenvalue weighted by molar-refractivity contribution is -0.112. The second-order valence-electron chi connectivity index (χ2n) is 3.83. The molecule has 0 aromatic heterocycles. The topological polar surface area (TPSA) is 17.1 Å². The lowest BCUT2D eigenvalue weighted by atomic mass is 9.74. The molecule has 0 saturated heterocycles. The molecular formula is C11H14O. The zero-order valence-electron chi connectivity index (χ0n) is 7.68. The predicted octanol–water partition coefficient (Wildman–Crippen LogP) is 2.65. The van der Waals surface area contributed by atoms with E-state index in [1.807, 2.05) is 0 Å². The highest BCUT2D eigenvalue weighted by atomic mass is 16.1. The molecule has 0 aliphatic heterocycles. The minimum atomic E-state index is 0.0206. The summed E-state index contributed by atoms with van der Waals surface area (Å²) < 4.78 is 0. The first-order chi connectivity index (χ1) is 5.47. The van der Waals surface area contributed by atoms with Crippen LogP contribution in [-0.4, -0.2) is 5.78 Å². The first kappa shape index (κ1) is 8.98. The SMILES string of the molecule is C=CC1=CC(=O)C(=C)CC1(C)C. The Kier molecular flexibility index (Phi) is 2.05. The van der Waals surface area contributed by atoms with Gasteiger partial charge in [0.2, 0.25) is 0 Å². The molecule has 12 heavy (non-hydrogen) atoms. The summed E-state index contributed by atoms with van der Waals surface area (Å²) in [6.45, 7) is 11.6. The standard InChI is InChI=1S/C11H14O/c1-5-9-6-10(12)8(2)7-11(9,3)4/h5-6H,1-2,7H2,3-4H3. The van der Waals surface area contributed by atoms with Crippen LogP contribution in [0, 0.1) is 5.41 Å². The lowest BCUT2D eigenvalue weighted by Gasteiger charge is -2.30. The second kappa shape index (κ2) is 2.74. The van der Waals surface area contributed by atoms with Crippen LogP contribution in [0.2, 0.25) is 0 Å². The molecule has 0 fully saturated rings. The van der Waals surface area contributed by atoms with Gasteiger partial charge in [-0.25, -0.2) is 0 Å². The summed E-state index contributed by atoms with van der Waals surface area (Å²) in [4.78, 5) is 11.2. The van der Waals surface area contributed by atoms with Crippen LogP contribution in [0.4, 0.5) is 0 Å². The Morgan fingerprint density at radius 1 is 1.58 bits per heavy atom. The Balaban J connectivity index is 3.12. The maximum atomic E-state index is 11.2. The van der Waals surface area contributed by atoms with Gasteiger partial charge in [0.15, 0.2) is 5.78 Å². The quantitative estimate of drug-likeness (QED) is 0.542. The van der Waals surface area contributed by atoms with E-state index in [1.54, 1.807) is 12.2 Å². The van der Waals surface area contributed by atoms with E-state index in [1.165, 1.54) is 0 Å². The predicted molar refractivity (Wildman–Crippen MR) is 50.8 cm³/mol. The number of hydrogen-bond acceptors (Lipinski definition) is 1. The third-order valence-electron chi connectivity index (χ3n) is 2.29. The fourth-order valence-electron chi connectivity index (χ4n) is 1.50. The van der Waals surface area contributed by atoms with Gasteiger partial charge in [0.25, 0.3) is 0 Å². The van der Waals surface area contributed by atoms with Gasteiger partial charge in [-0.3, -0.25) is 4.79 Å². The van der Waals surface area contributed by atoms with Crippen LogP contribution in [0.5, 0.6) is 0 Å². The van der Waals surface area contributed by atoms with Crippen molar-refractivity contribution in [2.75, 3.05) is 0 Å². The number of carbonyl (C=O) groups is 1. The van der Waals surface area contributed by atoms with Crippen LogP contribution in [-0.2, 0) is 4.79 Å². The highest BCUT2D eigenvalue weighted by Gasteiger charge is 2.28. The first-order valence-electron chi connectivity index (χ1n) is 4.04. The van der Waals surface area contributed by atoms with Gasteiger partial charge in [-0.1, -0.05) is 33.1 Å². The highest BCUT2D eigenvalue weighted by molar-refractivity contribution is 6.05. The highest BCUT2D eigenvalue weighted by Crippen LogP contribution is 2.37. The summed E-state index contributed by atoms with van der Waals surface area (Å²) >= 11 is 0. The second-order valence-corrected chi connectivity index (χ2v) is 3.83. The summed E-state index contributed by atoms with van der Waals surface area (Å²) in [5, 5.41) is 0. The molecule has 1 aliphatic carbocycles. The van der Waals surface area contributed by atoms with E-state index in [0.29, 0.717) is 5.57 Å². The smallest absolute Gasteiger partial charge is 0.181 e. The molecule has 1 aliphatic rings. The molecule has 0 radical (unpaired) electrons. The van der Waals surface area contributed by atoms with Crippen LogP contribution >= 0.6 is 0 Å². The van der Waals surface area contributed by atoms with Gasteiger partial charge < -0.3 is 0 Å². The first-order valence-corrected chi connectivity index (χ1v) is 4.04. The molecule has 0 spiro atoms. The third-order valence-corrected chi connectivity index (χ3v) is 2.29. The van der Waals surface area contributed by atoms with Crippen LogP contribution < -0.4 is 0 Å². The van der Waals surface area contributed by atoms with Gasteiger partial charge in [-0.15, -0.1) is 0 Å². The molecule has 0 unspecified atom stereocenters. The van der Waals surface area contributed by atoms with Gasteiger partial charge in [0.05, 0.1) is 0 Å². The van der Waals surface area contributed by atoms with Gasteiger partial charge in [-0.05, 0) is 29.1 Å². The Bertz CT molecular complexity index is 279. The Labute approximate surface area is 73.5 Å². The minimum absolute atomic E-state index is 0.0206. The number of carbonyl (C=O) groups excluding carboxylic acids is 1. The Morgan fingerprint density at radius 3 is 2.67 bits per heavy atom. The molecule has 0 aromatic carbocycles. The normalized spacial score (nSPS) is 22.0. The molecule has 0 bridgehead atoms. The molecule has 0 atom stereocenters. The van der Waals surface area contributed by atoms with E-state index < -0.39 is 0 Å². The van der Waals surface area contributed by atoms with Crippen LogP contribution in [0.25, 0.3) is 0 Å². The van der Waals surface area contributed by atoms with Gasteiger partial charge in [0.1, 0.15) is 0 Å². The Morgan fingerprint density at radius 2 is 2.17 bits per heavy atom. The van der Waals surface area contributed by atoms with E-state index in [9.17, 15) is 4.79 Å². The van der Waals surface area contributed by atoms with E-state index in [-0.39, 0.29) is 11.2 Å². The van der Waals surface area contributed by atoms with E-state index in [0.717, 1.165) is 12.0 Å². The number of ketones is 1. The number of hydrogen-bond donors (Lipinski definition) is 0. The Hall–Kier alpha value is -1.11. The minimum Gasteiger partial charge on any atom is -0.290 e. The molecule has 0 N–H and O–H groups in total. The van der Waals surface area contributed by atoms with E-state index in [4.69, 9.17) is 0 Å². The lowest BCUT2D eigenvalue weighted by Crippen LogP contribution is -2.22. The molecule has 0 saturated carbocycles. The average molecular weight is 162 g/mol. The van der Waals surface area contributed by atoms with E-state index >= 15 is 0 Å². The molecule has 64 valence electrons. The molecule has 1 heteroatoms. The molecule has 1 rings (SSSR count). The van der Waals surface area contributed by atoms with Crippen molar-refractivity contribution in [3.63, 3.8) is 0 Å². The van der Waals surface area contributed by atoms with Crippen molar-refractivity contribution in [1.82, 2.24) is 0 Å². The fraction of sp³-hybridized carbons (Fsp3) is 0.364. The summed E-state index contributed by atoms with van der Waals surface area (Å²) in [6, 6.07) is 0. The zero-order chi connectivity index (χ0) is 9.35. The van der Waals surface area contributed by atoms with Crippen molar-refractivity contribution in [2.45, 2.75) is 20.3 Å². The van der Waals surface area contributed by atoms with Gasteiger partial charge in [-0.2, -0.15) is 0 Å². The van der Waals surface area contributed by atoms with Crippen molar-refractivity contribution in [3.8, 4) is 0 Å². The molecule has 0 amide bonds. The van der Waals surface area contributed by atoms with Gasteiger partial charge >= 0.3 is 0 Å². The van der Waals surface area contributed by atoms with E-state index in [2.05, 4.69) is 27.0 Å². The zero-order valence-corrected chi connectivity index (χ0v) is 7.68. The monoisotopic (exact) mass is 162 g/mol. The molecule has 0 aromatic rings. The van der Waals surface area contributed by atoms with Gasteiger partial charge in [0, 0.05) is 0 Å². The van der Waals surface area contributed by atoms with Crippen LogP contribution in [0.1, 0.15) is 20.3 Å². The maximum Gasteiger partial charge on any atom is 0.181 e. The summed E-state index contributed by atoms with van der Waals surface area (Å²) in [7, 11) is 0. The van der Waals surface area contributed by atoms with Crippen molar-refractivity contribution in [1.29, 1.82) is 0 Å². The number of rotatable bonds is 1. The number of allylic oxidation sites excluding steroid dienone is 4. The molecular weight excluding hydrogens is 148 g/mol. The molecule has 1 nitrogen and oxygen atoms in total. The largest absolute Gasteiger partial charge is 0.290 e. The summed E-state index contributed by atoms with van der Waals surface area (Å²) in [5.74, 6) is 0.0456.